The highest BCUT2D eigenvalue weighted by atomic mass is 32.1. The van der Waals surface area contributed by atoms with Crippen molar-refractivity contribution in [2.75, 3.05) is 6.54 Å². The van der Waals surface area contributed by atoms with Crippen molar-refractivity contribution in [2.24, 2.45) is 5.73 Å². The Balaban J connectivity index is 0.000000615. The fourth-order valence-electron chi connectivity index (χ4n) is 1.87. The number of oxazole rings is 1. The molecule has 0 radical (unpaired) electrons. The molecule has 0 aliphatic heterocycles. The van der Waals surface area contributed by atoms with Gasteiger partial charge in [-0.25, -0.2) is 9.37 Å². The standard InChI is InChI=1S/C13H11FN2O2S.2C2H6/c14-9-3-1-2-7-8(6-19-12(7)9)13-16-10(5-18-13)11(17)4-15;2*1-2/h1-3,5-6,11,17H,4,15H2;2*1-2H3. The van der Waals surface area contributed by atoms with Gasteiger partial charge in [-0.15, -0.1) is 11.3 Å². The fraction of sp³-hybridized carbons (Fsp3) is 0.353. The molecule has 0 fully saturated rings. The maximum atomic E-state index is 13.6. The zero-order valence-corrected chi connectivity index (χ0v) is 14.7. The SMILES string of the molecule is CC.CC.NCC(O)c1coc(-c2csc3c(F)cccc23)n1. The average Bonchev–Trinajstić information content (AvgIpc) is 3.25. The maximum absolute atomic E-state index is 13.6. The summed E-state index contributed by atoms with van der Waals surface area (Å²) < 4.78 is 19.5. The second kappa shape index (κ2) is 9.39. The molecule has 0 spiro atoms. The molecular formula is C17H23FN2O2S. The summed E-state index contributed by atoms with van der Waals surface area (Å²) >= 11 is 1.30. The van der Waals surface area contributed by atoms with Gasteiger partial charge in [-0.1, -0.05) is 39.8 Å². The third-order valence-electron chi connectivity index (χ3n) is 2.87. The van der Waals surface area contributed by atoms with Crippen LogP contribution >= 0.6 is 11.3 Å². The van der Waals surface area contributed by atoms with E-state index >= 15 is 0 Å². The van der Waals surface area contributed by atoms with Crippen LogP contribution in [0.1, 0.15) is 39.5 Å². The minimum Gasteiger partial charge on any atom is -0.444 e. The molecule has 4 nitrogen and oxygen atoms in total. The number of nitrogens with zero attached hydrogens (tertiary/aromatic N) is 1. The molecule has 3 N–H and O–H groups in total. The Morgan fingerprint density at radius 1 is 1.30 bits per heavy atom. The van der Waals surface area contributed by atoms with Crippen molar-refractivity contribution in [2.45, 2.75) is 33.8 Å². The molecule has 0 aliphatic rings. The van der Waals surface area contributed by atoms with Gasteiger partial charge in [0.25, 0.3) is 0 Å². The van der Waals surface area contributed by atoms with Gasteiger partial charge in [-0.3, -0.25) is 0 Å². The number of nitrogens with two attached hydrogens (primary N) is 1. The van der Waals surface area contributed by atoms with Gasteiger partial charge in [0.15, 0.2) is 0 Å². The Kier molecular flexibility index (Phi) is 7.88. The third-order valence-corrected chi connectivity index (χ3v) is 3.87. The highest BCUT2D eigenvalue weighted by Gasteiger charge is 2.16. The number of hydrogen-bond acceptors (Lipinski definition) is 5. The van der Waals surface area contributed by atoms with Crippen LogP contribution in [0.15, 0.2) is 34.3 Å². The summed E-state index contributed by atoms with van der Waals surface area (Å²) in [6.07, 6.45) is 0.523. The largest absolute Gasteiger partial charge is 0.444 e. The van der Waals surface area contributed by atoms with Crippen molar-refractivity contribution in [3.8, 4) is 11.5 Å². The summed E-state index contributed by atoms with van der Waals surface area (Å²) in [6.45, 7) is 8.07. The Bertz CT molecular complexity index is 724. The number of thiophene rings is 1. The van der Waals surface area contributed by atoms with Crippen LogP contribution in [0.25, 0.3) is 21.5 Å². The minimum atomic E-state index is -0.848. The molecule has 0 saturated carbocycles. The zero-order chi connectivity index (χ0) is 17.4. The highest BCUT2D eigenvalue weighted by Crippen LogP contribution is 2.35. The summed E-state index contributed by atoms with van der Waals surface area (Å²) in [5.41, 5.74) is 6.46. The van der Waals surface area contributed by atoms with Crippen LogP contribution in [0.5, 0.6) is 0 Å². The third kappa shape index (κ3) is 4.16. The quantitative estimate of drug-likeness (QED) is 0.723. The van der Waals surface area contributed by atoms with E-state index in [-0.39, 0.29) is 12.4 Å². The lowest BCUT2D eigenvalue weighted by atomic mass is 10.2. The van der Waals surface area contributed by atoms with Gasteiger partial charge in [0.2, 0.25) is 5.89 Å². The number of aliphatic hydroxyl groups excluding tert-OH is 1. The lowest BCUT2D eigenvalue weighted by Gasteiger charge is -2.00. The molecule has 3 rings (SSSR count). The van der Waals surface area contributed by atoms with Crippen LogP contribution in [-0.2, 0) is 0 Å². The van der Waals surface area contributed by atoms with E-state index in [1.165, 1.54) is 23.7 Å². The number of aliphatic hydroxyl groups is 1. The van der Waals surface area contributed by atoms with Gasteiger partial charge in [0, 0.05) is 17.3 Å². The topological polar surface area (TPSA) is 72.3 Å². The summed E-state index contributed by atoms with van der Waals surface area (Å²) in [5, 5.41) is 12.1. The summed E-state index contributed by atoms with van der Waals surface area (Å²) in [4.78, 5) is 4.19. The van der Waals surface area contributed by atoms with E-state index in [1.807, 2.05) is 33.8 Å². The van der Waals surface area contributed by atoms with E-state index < -0.39 is 6.10 Å². The van der Waals surface area contributed by atoms with Crippen molar-refractivity contribution in [3.05, 3.63) is 41.4 Å². The van der Waals surface area contributed by atoms with E-state index in [2.05, 4.69) is 4.98 Å². The van der Waals surface area contributed by atoms with Gasteiger partial charge in [-0.2, -0.15) is 0 Å². The van der Waals surface area contributed by atoms with Crippen molar-refractivity contribution >= 4 is 21.4 Å². The molecule has 2 aromatic heterocycles. The number of fused-ring (bicyclic) bond motifs is 1. The zero-order valence-electron chi connectivity index (χ0n) is 13.8. The first-order valence-electron chi connectivity index (χ1n) is 7.70. The maximum Gasteiger partial charge on any atom is 0.227 e. The smallest absolute Gasteiger partial charge is 0.227 e. The van der Waals surface area contributed by atoms with Crippen LogP contribution in [0, 0.1) is 5.82 Å². The molecule has 1 aromatic carbocycles. The molecular weight excluding hydrogens is 315 g/mol. The number of halogens is 1. The van der Waals surface area contributed by atoms with E-state index in [9.17, 15) is 9.50 Å². The monoisotopic (exact) mass is 338 g/mol. The van der Waals surface area contributed by atoms with Gasteiger partial charge in [0.05, 0.1) is 10.3 Å². The minimum absolute atomic E-state index is 0.0744. The van der Waals surface area contributed by atoms with Crippen LogP contribution in [-0.4, -0.2) is 16.6 Å². The first-order valence-corrected chi connectivity index (χ1v) is 8.58. The molecule has 0 amide bonds. The summed E-state index contributed by atoms with van der Waals surface area (Å²) in [7, 11) is 0. The van der Waals surface area contributed by atoms with Crippen LogP contribution in [0.3, 0.4) is 0 Å². The molecule has 23 heavy (non-hydrogen) atoms. The summed E-state index contributed by atoms with van der Waals surface area (Å²) in [5.74, 6) is 0.0990. The molecule has 0 saturated heterocycles. The summed E-state index contributed by atoms with van der Waals surface area (Å²) in [6, 6.07) is 4.88. The lowest BCUT2D eigenvalue weighted by molar-refractivity contribution is 0.182. The number of benzene rings is 1. The predicted molar refractivity (Wildman–Crippen MR) is 94.0 cm³/mol. The van der Waals surface area contributed by atoms with Gasteiger partial charge in [0.1, 0.15) is 23.9 Å². The molecule has 0 aliphatic carbocycles. The Hall–Kier alpha value is -1.76. The normalized spacial score (nSPS) is 11.3. The Morgan fingerprint density at radius 2 is 2.00 bits per heavy atom. The van der Waals surface area contributed by atoms with E-state index in [0.717, 1.165) is 10.9 Å². The lowest BCUT2D eigenvalue weighted by Crippen LogP contribution is -2.11. The number of aromatic nitrogens is 1. The number of rotatable bonds is 3. The molecule has 6 heteroatoms. The molecule has 1 unspecified atom stereocenters. The predicted octanol–water partition coefficient (Wildman–Crippen LogP) is 4.74. The van der Waals surface area contributed by atoms with Crippen LogP contribution < -0.4 is 5.73 Å². The first kappa shape index (κ1) is 19.3. The van der Waals surface area contributed by atoms with Crippen molar-refractivity contribution in [1.82, 2.24) is 4.98 Å². The van der Waals surface area contributed by atoms with E-state index in [1.54, 1.807) is 11.4 Å². The van der Waals surface area contributed by atoms with Crippen molar-refractivity contribution in [3.63, 3.8) is 0 Å². The number of hydrogen-bond donors (Lipinski definition) is 2. The first-order chi connectivity index (χ1) is 11.2. The van der Waals surface area contributed by atoms with Crippen LogP contribution in [0.4, 0.5) is 4.39 Å². The second-order valence-corrected chi connectivity index (χ2v) is 4.97. The molecule has 1 atom stereocenters. The Labute approximate surface area is 139 Å². The Morgan fingerprint density at radius 3 is 2.65 bits per heavy atom. The van der Waals surface area contributed by atoms with Crippen molar-refractivity contribution in [1.29, 1.82) is 0 Å². The molecule has 0 bridgehead atoms. The van der Waals surface area contributed by atoms with E-state index in [4.69, 9.17) is 10.2 Å². The molecule has 126 valence electrons. The second-order valence-electron chi connectivity index (χ2n) is 4.09. The molecule has 2 heterocycles. The van der Waals surface area contributed by atoms with Crippen LogP contribution in [0.2, 0.25) is 0 Å². The average molecular weight is 338 g/mol. The molecule has 3 aromatic rings. The van der Waals surface area contributed by atoms with Gasteiger partial charge >= 0.3 is 0 Å². The van der Waals surface area contributed by atoms with E-state index in [0.29, 0.717) is 16.3 Å². The van der Waals surface area contributed by atoms with Gasteiger partial charge < -0.3 is 15.3 Å². The highest BCUT2D eigenvalue weighted by molar-refractivity contribution is 7.17. The van der Waals surface area contributed by atoms with Gasteiger partial charge in [-0.05, 0) is 6.07 Å². The van der Waals surface area contributed by atoms with Crippen molar-refractivity contribution < 1.29 is 13.9 Å². The fourth-order valence-corrected chi connectivity index (χ4v) is 2.82.